The Kier molecular flexibility index (Phi) is 4.85. The molecule has 0 saturated carbocycles. The summed E-state index contributed by atoms with van der Waals surface area (Å²) < 4.78 is 1.75. The number of primary amides is 1. The molecule has 0 fully saturated rings. The highest BCUT2D eigenvalue weighted by atomic mass is 35.5. The van der Waals surface area contributed by atoms with E-state index in [9.17, 15) is 4.79 Å². The molecule has 0 radical (unpaired) electrons. The Bertz CT molecular complexity index is 724. The molecule has 6 heteroatoms. The van der Waals surface area contributed by atoms with Crippen LogP contribution in [0.2, 0.25) is 0 Å². The molecule has 0 saturated heterocycles. The maximum Gasteiger partial charge on any atom is 0.250 e. The zero-order valence-corrected chi connectivity index (χ0v) is 11.5. The van der Waals surface area contributed by atoms with Gasteiger partial charge in [0, 0.05) is 11.6 Å². The monoisotopic (exact) mass is 290 g/mol. The van der Waals surface area contributed by atoms with Crippen molar-refractivity contribution in [2.75, 3.05) is 0 Å². The van der Waals surface area contributed by atoms with E-state index in [4.69, 9.17) is 5.73 Å². The molecule has 0 bridgehead atoms. The predicted octanol–water partition coefficient (Wildman–Crippen LogP) is 2.71. The van der Waals surface area contributed by atoms with Crippen LogP contribution in [-0.4, -0.2) is 15.7 Å². The van der Waals surface area contributed by atoms with Gasteiger partial charge in [0.1, 0.15) is 5.52 Å². The Labute approximate surface area is 122 Å². The van der Waals surface area contributed by atoms with Gasteiger partial charge < -0.3 is 11.9 Å². The molecule has 104 valence electrons. The second-order valence-corrected chi connectivity index (χ2v) is 4.02. The lowest BCUT2D eigenvalue weighted by Gasteiger charge is -1.98. The van der Waals surface area contributed by atoms with Crippen LogP contribution in [0.4, 0.5) is 0 Å². The van der Waals surface area contributed by atoms with Crippen molar-refractivity contribution < 1.29 is 4.79 Å². The van der Waals surface area contributed by atoms with Gasteiger partial charge >= 0.3 is 0 Å². The SMILES string of the molecule is Cl.N.NC(=O)c1cccc2cn(-c3ccccc3)nc12. The third-order valence-corrected chi connectivity index (χ3v) is 2.82. The zero-order valence-electron chi connectivity index (χ0n) is 10.7. The minimum Gasteiger partial charge on any atom is -0.366 e. The molecule has 0 unspecified atom stereocenters. The van der Waals surface area contributed by atoms with Crippen LogP contribution in [0.15, 0.2) is 54.7 Å². The molecule has 1 amide bonds. The van der Waals surface area contributed by atoms with Gasteiger partial charge in [-0.1, -0.05) is 30.3 Å². The maximum absolute atomic E-state index is 11.3. The second-order valence-electron chi connectivity index (χ2n) is 4.02. The zero-order chi connectivity index (χ0) is 12.5. The van der Waals surface area contributed by atoms with E-state index >= 15 is 0 Å². The molecular weight excluding hydrogens is 276 g/mol. The molecule has 0 atom stereocenters. The number of para-hydroxylation sites is 1. The number of hydrogen-bond donors (Lipinski definition) is 2. The number of halogens is 1. The van der Waals surface area contributed by atoms with Gasteiger partial charge in [0.25, 0.3) is 5.91 Å². The number of amides is 1. The molecule has 0 aliphatic rings. The molecule has 0 aliphatic heterocycles. The van der Waals surface area contributed by atoms with Crippen LogP contribution >= 0.6 is 12.4 Å². The quantitative estimate of drug-likeness (QED) is 0.759. The summed E-state index contributed by atoms with van der Waals surface area (Å²) in [4.78, 5) is 11.3. The van der Waals surface area contributed by atoms with Gasteiger partial charge in [-0.3, -0.25) is 4.79 Å². The first-order valence-electron chi connectivity index (χ1n) is 5.59. The number of nitrogens with two attached hydrogens (primary N) is 1. The summed E-state index contributed by atoms with van der Waals surface area (Å²) in [7, 11) is 0. The Morgan fingerprint density at radius 1 is 1.05 bits per heavy atom. The fraction of sp³-hybridized carbons (Fsp3) is 0. The number of benzene rings is 2. The van der Waals surface area contributed by atoms with Crippen molar-refractivity contribution in [2.45, 2.75) is 0 Å². The summed E-state index contributed by atoms with van der Waals surface area (Å²) in [5.41, 5.74) is 7.37. The van der Waals surface area contributed by atoms with Gasteiger partial charge in [0.05, 0.1) is 11.3 Å². The highest BCUT2D eigenvalue weighted by Crippen LogP contribution is 2.19. The molecule has 3 aromatic rings. The Morgan fingerprint density at radius 2 is 1.75 bits per heavy atom. The van der Waals surface area contributed by atoms with Crippen LogP contribution in [0.25, 0.3) is 16.6 Å². The second kappa shape index (κ2) is 6.18. The molecule has 5 nitrogen and oxygen atoms in total. The number of aromatic nitrogens is 2. The van der Waals surface area contributed by atoms with Gasteiger partial charge in [-0.25, -0.2) is 4.68 Å². The van der Waals surface area contributed by atoms with Gasteiger partial charge in [-0.15, -0.1) is 12.4 Å². The third-order valence-electron chi connectivity index (χ3n) is 2.82. The largest absolute Gasteiger partial charge is 0.366 e. The maximum atomic E-state index is 11.3. The van der Waals surface area contributed by atoms with Gasteiger partial charge in [0.2, 0.25) is 0 Å². The Morgan fingerprint density at radius 3 is 2.40 bits per heavy atom. The summed E-state index contributed by atoms with van der Waals surface area (Å²) in [6.45, 7) is 0. The van der Waals surface area contributed by atoms with Crippen molar-refractivity contribution >= 4 is 29.2 Å². The van der Waals surface area contributed by atoms with Crippen molar-refractivity contribution in [3.63, 3.8) is 0 Å². The molecular formula is C14H15ClN4O. The summed E-state index contributed by atoms with van der Waals surface area (Å²) in [5.74, 6) is -0.459. The van der Waals surface area contributed by atoms with Crippen LogP contribution in [-0.2, 0) is 0 Å². The van der Waals surface area contributed by atoms with E-state index in [0.29, 0.717) is 11.1 Å². The van der Waals surface area contributed by atoms with Crippen LogP contribution in [0.1, 0.15) is 10.4 Å². The first kappa shape index (κ1) is 15.7. The number of carbonyl (C=O) groups is 1. The van der Waals surface area contributed by atoms with E-state index in [-0.39, 0.29) is 18.6 Å². The average Bonchev–Trinajstić information content (AvgIpc) is 2.83. The fourth-order valence-electron chi connectivity index (χ4n) is 1.96. The van der Waals surface area contributed by atoms with Gasteiger partial charge in [-0.2, -0.15) is 5.10 Å². The van der Waals surface area contributed by atoms with Crippen molar-refractivity contribution in [3.05, 3.63) is 60.3 Å². The van der Waals surface area contributed by atoms with Gasteiger partial charge in [0.15, 0.2) is 0 Å². The lowest BCUT2D eigenvalue weighted by atomic mass is 10.1. The lowest BCUT2D eigenvalue weighted by molar-refractivity contribution is 0.100. The van der Waals surface area contributed by atoms with Crippen molar-refractivity contribution in [3.8, 4) is 5.69 Å². The van der Waals surface area contributed by atoms with E-state index in [1.807, 2.05) is 42.6 Å². The van der Waals surface area contributed by atoms with Crippen molar-refractivity contribution in [2.24, 2.45) is 5.73 Å². The molecule has 1 aromatic heterocycles. The number of fused-ring (bicyclic) bond motifs is 1. The molecule has 5 N–H and O–H groups in total. The van der Waals surface area contributed by atoms with E-state index in [0.717, 1.165) is 11.1 Å². The summed E-state index contributed by atoms with van der Waals surface area (Å²) >= 11 is 0. The van der Waals surface area contributed by atoms with E-state index in [2.05, 4.69) is 5.10 Å². The summed E-state index contributed by atoms with van der Waals surface area (Å²) in [6.07, 6.45) is 1.89. The highest BCUT2D eigenvalue weighted by Gasteiger charge is 2.10. The average molecular weight is 291 g/mol. The predicted molar refractivity (Wildman–Crippen MR) is 81.9 cm³/mol. The Hall–Kier alpha value is -2.37. The molecule has 1 heterocycles. The number of rotatable bonds is 2. The fourth-order valence-corrected chi connectivity index (χ4v) is 1.96. The van der Waals surface area contributed by atoms with Gasteiger partial charge in [-0.05, 0) is 18.2 Å². The van der Waals surface area contributed by atoms with Crippen molar-refractivity contribution in [1.82, 2.24) is 15.9 Å². The van der Waals surface area contributed by atoms with Crippen LogP contribution in [0.3, 0.4) is 0 Å². The molecule has 0 aliphatic carbocycles. The summed E-state index contributed by atoms with van der Waals surface area (Å²) in [5, 5.41) is 5.32. The number of hydrogen-bond acceptors (Lipinski definition) is 3. The first-order valence-corrected chi connectivity index (χ1v) is 5.59. The van der Waals surface area contributed by atoms with Crippen LogP contribution in [0, 0.1) is 0 Å². The minimum absolute atomic E-state index is 0. The normalized spacial score (nSPS) is 9.60. The van der Waals surface area contributed by atoms with Crippen LogP contribution in [0.5, 0.6) is 0 Å². The van der Waals surface area contributed by atoms with E-state index in [1.165, 1.54) is 0 Å². The molecule has 3 rings (SSSR count). The number of nitrogens with zero attached hydrogens (tertiary/aromatic N) is 2. The third kappa shape index (κ3) is 2.64. The smallest absolute Gasteiger partial charge is 0.250 e. The molecule has 0 spiro atoms. The molecule has 2 aromatic carbocycles. The topological polar surface area (TPSA) is 95.9 Å². The number of carbonyl (C=O) groups excluding carboxylic acids is 1. The Balaban J connectivity index is 0.000001000. The molecule has 20 heavy (non-hydrogen) atoms. The minimum atomic E-state index is -0.459. The van der Waals surface area contributed by atoms with E-state index < -0.39 is 5.91 Å². The van der Waals surface area contributed by atoms with E-state index in [1.54, 1.807) is 16.8 Å². The first-order chi connectivity index (χ1) is 8.75. The summed E-state index contributed by atoms with van der Waals surface area (Å²) in [6, 6.07) is 15.1. The van der Waals surface area contributed by atoms with Crippen molar-refractivity contribution in [1.29, 1.82) is 0 Å². The standard InChI is InChI=1S/C14H11N3O.ClH.H3N/c15-14(18)12-8-4-5-10-9-17(16-13(10)12)11-6-2-1-3-7-11;;/h1-9H,(H2,15,18);1H;1H3. The highest BCUT2D eigenvalue weighted by molar-refractivity contribution is 6.04. The lowest BCUT2D eigenvalue weighted by Crippen LogP contribution is -2.11. The van der Waals surface area contributed by atoms with Crippen LogP contribution < -0.4 is 11.9 Å².